The summed E-state index contributed by atoms with van der Waals surface area (Å²) in [6.07, 6.45) is -0.293. The molecule has 5 unspecified atom stereocenters. The fourth-order valence-corrected chi connectivity index (χ4v) is 3.78. The Balaban J connectivity index is 2.23. The molecular weight excluding hydrogens is 506 g/mol. The first kappa shape index (κ1) is 29.6. The maximum absolute atomic E-state index is 13.1. The van der Waals surface area contributed by atoms with Crippen molar-refractivity contribution in [1.29, 1.82) is 0 Å². The number of carbonyl (C=O) groups excluding carboxylic acids is 3. The summed E-state index contributed by atoms with van der Waals surface area (Å²) < 4.78 is 0. The van der Waals surface area contributed by atoms with Gasteiger partial charge >= 0.3 is 11.9 Å². The minimum atomic E-state index is -1.62. The lowest BCUT2D eigenvalue weighted by atomic mass is 10.0. The number of benzene rings is 1. The number of thiol groups is 1. The van der Waals surface area contributed by atoms with Gasteiger partial charge in [-0.3, -0.25) is 19.2 Å². The number of aliphatic hydroxyl groups is 1. The van der Waals surface area contributed by atoms with E-state index in [2.05, 4.69) is 33.6 Å². The number of carboxylic acids is 2. The summed E-state index contributed by atoms with van der Waals surface area (Å²) in [5, 5.41) is 35.8. The van der Waals surface area contributed by atoms with Crippen LogP contribution in [0.3, 0.4) is 0 Å². The number of H-pyrrole nitrogens is 1. The summed E-state index contributed by atoms with van der Waals surface area (Å²) in [7, 11) is 0. The molecule has 0 bridgehead atoms. The number of rotatable bonds is 14. The lowest BCUT2D eigenvalue weighted by molar-refractivity contribution is -0.145. The van der Waals surface area contributed by atoms with Crippen LogP contribution in [0.4, 0.5) is 0 Å². The Hall–Kier alpha value is -3.62. The number of nitrogens with two attached hydrogens (primary N) is 1. The molecule has 0 radical (unpaired) electrons. The Morgan fingerprint density at radius 2 is 1.62 bits per heavy atom. The van der Waals surface area contributed by atoms with E-state index in [1.165, 1.54) is 6.92 Å². The number of carboxylic acid groups (broad SMARTS) is 2. The maximum atomic E-state index is 13.1. The largest absolute Gasteiger partial charge is 0.481 e. The molecular formula is C23H31N5O8S. The van der Waals surface area contributed by atoms with Gasteiger partial charge in [-0.25, -0.2) is 4.79 Å². The van der Waals surface area contributed by atoms with Crippen LogP contribution < -0.4 is 21.7 Å². The van der Waals surface area contributed by atoms with Crippen molar-refractivity contribution in [3.8, 4) is 0 Å². The molecule has 0 fully saturated rings. The molecule has 2 rings (SSSR count). The number of aromatic amines is 1. The number of hydrogen-bond donors (Lipinski definition) is 9. The van der Waals surface area contributed by atoms with Gasteiger partial charge in [-0.15, -0.1) is 0 Å². The number of aliphatic hydroxyl groups excluding tert-OH is 1. The van der Waals surface area contributed by atoms with Gasteiger partial charge < -0.3 is 42.0 Å². The Morgan fingerprint density at radius 3 is 2.22 bits per heavy atom. The second-order valence-corrected chi connectivity index (χ2v) is 8.84. The lowest BCUT2D eigenvalue weighted by Crippen LogP contribution is -2.59. The number of aliphatic carboxylic acids is 2. The van der Waals surface area contributed by atoms with Crippen molar-refractivity contribution in [3.05, 3.63) is 36.0 Å². The zero-order chi connectivity index (χ0) is 27.7. The van der Waals surface area contributed by atoms with Crippen LogP contribution >= 0.6 is 12.6 Å². The smallest absolute Gasteiger partial charge is 0.328 e. The van der Waals surface area contributed by atoms with Crippen LogP contribution in [0.2, 0.25) is 0 Å². The molecule has 2 aromatic rings. The lowest BCUT2D eigenvalue weighted by Gasteiger charge is -2.25. The van der Waals surface area contributed by atoms with Crippen molar-refractivity contribution in [3.63, 3.8) is 0 Å². The van der Waals surface area contributed by atoms with Crippen molar-refractivity contribution < 1.29 is 39.3 Å². The van der Waals surface area contributed by atoms with Crippen LogP contribution in [0, 0.1) is 0 Å². The quantitative estimate of drug-likeness (QED) is 0.131. The molecule has 202 valence electrons. The van der Waals surface area contributed by atoms with Crippen molar-refractivity contribution >= 4 is 53.2 Å². The summed E-state index contributed by atoms with van der Waals surface area (Å²) in [5.74, 6) is -5.19. The van der Waals surface area contributed by atoms with Crippen molar-refractivity contribution in [2.45, 2.75) is 56.5 Å². The molecule has 0 spiro atoms. The van der Waals surface area contributed by atoms with Gasteiger partial charge in [0.05, 0.1) is 12.1 Å². The van der Waals surface area contributed by atoms with Crippen LogP contribution in [0.25, 0.3) is 10.9 Å². The van der Waals surface area contributed by atoms with E-state index in [0.29, 0.717) is 5.56 Å². The fourth-order valence-electron chi connectivity index (χ4n) is 3.53. The van der Waals surface area contributed by atoms with E-state index >= 15 is 0 Å². The number of hydrogen-bond acceptors (Lipinski definition) is 8. The monoisotopic (exact) mass is 537 g/mol. The third-order valence-electron chi connectivity index (χ3n) is 5.60. The van der Waals surface area contributed by atoms with E-state index in [1.54, 1.807) is 12.3 Å². The molecule has 0 saturated carbocycles. The Kier molecular flexibility index (Phi) is 10.9. The van der Waals surface area contributed by atoms with Crippen molar-refractivity contribution in [2.24, 2.45) is 5.73 Å². The number of carbonyl (C=O) groups is 5. The average Bonchev–Trinajstić information content (AvgIpc) is 3.25. The fraction of sp³-hybridized carbons (Fsp3) is 0.435. The number of amides is 3. The van der Waals surface area contributed by atoms with Crippen LogP contribution in [-0.2, 0) is 30.4 Å². The summed E-state index contributed by atoms with van der Waals surface area (Å²) in [6.45, 7) is 1.20. The van der Waals surface area contributed by atoms with Gasteiger partial charge in [-0.05, 0) is 25.0 Å². The number of aromatic nitrogens is 1. The van der Waals surface area contributed by atoms with Crippen molar-refractivity contribution in [2.75, 3.05) is 5.75 Å². The van der Waals surface area contributed by atoms with E-state index in [4.69, 9.17) is 10.8 Å². The highest BCUT2D eigenvalue weighted by Crippen LogP contribution is 2.19. The van der Waals surface area contributed by atoms with Crippen molar-refractivity contribution in [1.82, 2.24) is 20.9 Å². The van der Waals surface area contributed by atoms with Gasteiger partial charge in [0.15, 0.2) is 6.04 Å². The molecule has 0 aliphatic rings. The molecule has 1 aromatic heterocycles. The minimum absolute atomic E-state index is 0.0426. The molecule has 13 nitrogen and oxygen atoms in total. The first-order chi connectivity index (χ1) is 17.4. The molecule has 3 amide bonds. The van der Waals surface area contributed by atoms with Crippen LogP contribution in [0.5, 0.6) is 0 Å². The molecule has 1 aromatic carbocycles. The van der Waals surface area contributed by atoms with Gasteiger partial charge in [-0.1, -0.05) is 18.2 Å². The second kappa shape index (κ2) is 13.6. The standard InChI is InChI=1S/C23H31N5O8S/c1-11(29)19(23(35)36)28-21(33)16(8-12-9-25-15-5-3-2-4-13(12)15)26-22(34)17(10-37)27-20(32)14(24)6-7-18(30)31/h2-5,9,11,14,16-17,19,25,29,37H,6-8,10,24H2,1H3,(H,26,34)(H,27,32)(H,28,33)(H,30,31)(H,35,36). The molecule has 1 heterocycles. The van der Waals surface area contributed by atoms with Gasteiger partial charge in [0.25, 0.3) is 0 Å². The van der Waals surface area contributed by atoms with Crippen LogP contribution in [0.15, 0.2) is 30.5 Å². The average molecular weight is 538 g/mol. The summed E-state index contributed by atoms with van der Waals surface area (Å²) >= 11 is 4.08. The SMILES string of the molecule is CC(O)C(NC(=O)C(Cc1c[nH]c2ccccc12)NC(=O)C(CS)NC(=O)C(N)CCC(=O)O)C(=O)O. The van der Waals surface area contributed by atoms with E-state index in [-0.39, 0.29) is 25.0 Å². The molecule has 0 saturated heterocycles. The van der Waals surface area contributed by atoms with Gasteiger partial charge in [0, 0.05) is 35.7 Å². The Labute approximate surface area is 217 Å². The minimum Gasteiger partial charge on any atom is -0.481 e. The van der Waals surface area contributed by atoms with E-state index < -0.39 is 59.9 Å². The predicted molar refractivity (Wildman–Crippen MR) is 136 cm³/mol. The molecule has 9 N–H and O–H groups in total. The second-order valence-electron chi connectivity index (χ2n) is 8.47. The number of fused-ring (bicyclic) bond motifs is 1. The molecule has 0 aliphatic carbocycles. The van der Waals surface area contributed by atoms with E-state index in [9.17, 15) is 34.2 Å². The highest BCUT2D eigenvalue weighted by atomic mass is 32.1. The zero-order valence-electron chi connectivity index (χ0n) is 20.0. The molecule has 14 heteroatoms. The summed E-state index contributed by atoms with van der Waals surface area (Å²) in [5.41, 5.74) is 7.13. The zero-order valence-corrected chi connectivity index (χ0v) is 20.9. The summed E-state index contributed by atoms with van der Waals surface area (Å²) in [4.78, 5) is 63.6. The normalized spacial score (nSPS) is 15.1. The van der Waals surface area contributed by atoms with E-state index in [1.807, 2.05) is 18.2 Å². The van der Waals surface area contributed by atoms with Gasteiger partial charge in [0.2, 0.25) is 17.7 Å². The third kappa shape index (κ3) is 8.48. The third-order valence-corrected chi connectivity index (χ3v) is 5.96. The first-order valence-electron chi connectivity index (χ1n) is 11.4. The van der Waals surface area contributed by atoms with Gasteiger partial charge in [0.1, 0.15) is 12.1 Å². The first-order valence-corrected chi connectivity index (χ1v) is 12.0. The van der Waals surface area contributed by atoms with E-state index in [0.717, 1.165) is 10.9 Å². The number of para-hydroxylation sites is 1. The highest BCUT2D eigenvalue weighted by molar-refractivity contribution is 7.80. The predicted octanol–water partition coefficient (Wildman–Crippen LogP) is -1.25. The van der Waals surface area contributed by atoms with Crippen LogP contribution in [0.1, 0.15) is 25.3 Å². The molecule has 5 atom stereocenters. The summed E-state index contributed by atoms with van der Waals surface area (Å²) in [6, 6.07) is 1.92. The highest BCUT2D eigenvalue weighted by Gasteiger charge is 2.32. The topological polar surface area (TPSA) is 224 Å². The Bertz CT molecular complexity index is 1140. The Morgan fingerprint density at radius 1 is 1.00 bits per heavy atom. The number of nitrogens with one attached hydrogen (secondary N) is 4. The molecule has 0 aliphatic heterocycles. The van der Waals surface area contributed by atoms with Crippen LogP contribution in [-0.4, -0.2) is 86.0 Å². The van der Waals surface area contributed by atoms with Gasteiger partial charge in [-0.2, -0.15) is 12.6 Å². The molecule has 37 heavy (non-hydrogen) atoms. The maximum Gasteiger partial charge on any atom is 0.328 e.